The Balaban J connectivity index is 5.19. The van der Waals surface area contributed by atoms with Crippen LogP contribution in [0.3, 0.4) is 0 Å². The zero-order valence-corrected chi connectivity index (χ0v) is 9.60. The predicted molar refractivity (Wildman–Crippen MR) is 63.2 cm³/mol. The number of thiocarbonyl (C=S) groups is 2. The maximum Gasteiger partial charge on any atom is 0.302 e. The van der Waals surface area contributed by atoms with Crippen molar-refractivity contribution in [2.75, 3.05) is 0 Å². The average Bonchev–Trinajstić information content (AvgIpc) is 1.86. The van der Waals surface area contributed by atoms with Gasteiger partial charge in [-0.25, -0.2) is 0 Å². The van der Waals surface area contributed by atoms with Crippen LogP contribution in [0, 0.1) is 10.1 Å². The molecule has 0 unspecified atom stereocenters. The van der Waals surface area contributed by atoms with E-state index in [1.165, 1.54) is 0 Å². The lowest BCUT2D eigenvalue weighted by Gasteiger charge is -2.20. The number of hydrogen-bond acceptors (Lipinski definition) is 4. The van der Waals surface area contributed by atoms with Gasteiger partial charge < -0.3 is 0 Å². The smallest absolute Gasteiger partial charge is 0.263 e. The first-order valence-electron chi connectivity index (χ1n) is 3.00. The fourth-order valence-corrected chi connectivity index (χ4v) is 2.33. The SMILES string of the molecule is CCC(C(=S)S)(C(=S)S)[N+](=O)[O-]. The summed E-state index contributed by atoms with van der Waals surface area (Å²) in [5.41, 5.74) is -1.54. The molecule has 0 spiro atoms. The molecule has 0 heterocycles. The van der Waals surface area contributed by atoms with Crippen molar-refractivity contribution in [3.05, 3.63) is 10.1 Å². The summed E-state index contributed by atoms with van der Waals surface area (Å²) in [4.78, 5) is 10.1. The first-order valence-corrected chi connectivity index (χ1v) is 4.72. The summed E-state index contributed by atoms with van der Waals surface area (Å²) < 4.78 is -0.0926. The van der Waals surface area contributed by atoms with Crippen molar-refractivity contribution in [1.29, 1.82) is 0 Å². The lowest BCUT2D eigenvalue weighted by atomic mass is 10.0. The Bertz CT molecular complexity index is 204. The fraction of sp³-hybridized carbons (Fsp3) is 0.600. The molecule has 0 aliphatic rings. The van der Waals surface area contributed by atoms with Crippen LogP contribution in [-0.4, -0.2) is 18.9 Å². The lowest BCUT2D eigenvalue weighted by Crippen LogP contribution is -2.47. The molecule has 12 heavy (non-hydrogen) atoms. The Labute approximate surface area is 91.9 Å². The van der Waals surface area contributed by atoms with Crippen molar-refractivity contribution in [2.45, 2.75) is 18.9 Å². The number of hydrogen-bond donors (Lipinski definition) is 2. The van der Waals surface area contributed by atoms with Gasteiger partial charge in [-0.15, -0.1) is 25.3 Å². The molecule has 0 radical (unpaired) electrons. The quantitative estimate of drug-likeness (QED) is 0.342. The number of nitro groups is 1. The highest BCUT2D eigenvalue weighted by Gasteiger charge is 2.47. The zero-order valence-electron chi connectivity index (χ0n) is 6.18. The lowest BCUT2D eigenvalue weighted by molar-refractivity contribution is -0.523. The second kappa shape index (κ2) is 4.50. The van der Waals surface area contributed by atoms with Crippen LogP contribution in [0.4, 0.5) is 0 Å². The highest BCUT2D eigenvalue weighted by Crippen LogP contribution is 2.24. The Morgan fingerprint density at radius 1 is 1.50 bits per heavy atom. The molecule has 0 saturated heterocycles. The summed E-state index contributed by atoms with van der Waals surface area (Å²) in [6, 6.07) is 0. The Hall–Kier alpha value is 0.280. The minimum absolute atomic E-state index is 0.0463. The van der Waals surface area contributed by atoms with E-state index in [0.717, 1.165) is 0 Å². The maximum absolute atomic E-state index is 10.7. The van der Waals surface area contributed by atoms with Gasteiger partial charge in [-0.3, -0.25) is 10.1 Å². The largest absolute Gasteiger partial charge is 0.302 e. The molecular weight excluding hydrogens is 234 g/mol. The highest BCUT2D eigenvalue weighted by molar-refractivity contribution is 8.14. The van der Waals surface area contributed by atoms with Crippen LogP contribution in [0.25, 0.3) is 0 Å². The van der Waals surface area contributed by atoms with E-state index in [-0.39, 0.29) is 14.8 Å². The van der Waals surface area contributed by atoms with Gasteiger partial charge in [0.25, 0.3) is 0 Å². The van der Waals surface area contributed by atoms with Gasteiger partial charge in [-0.2, -0.15) is 0 Å². The molecule has 68 valence electrons. The molecule has 0 atom stereocenters. The summed E-state index contributed by atoms with van der Waals surface area (Å²) in [5.74, 6) is 0. The van der Waals surface area contributed by atoms with E-state index in [0.29, 0.717) is 0 Å². The van der Waals surface area contributed by atoms with Gasteiger partial charge in [0.2, 0.25) is 0 Å². The molecule has 0 aromatic rings. The first kappa shape index (κ1) is 12.3. The van der Waals surface area contributed by atoms with Crippen molar-refractivity contribution in [3.63, 3.8) is 0 Å². The molecule has 0 aromatic carbocycles. The van der Waals surface area contributed by atoms with E-state index >= 15 is 0 Å². The molecule has 0 aromatic heterocycles. The molecule has 0 aliphatic carbocycles. The van der Waals surface area contributed by atoms with Gasteiger partial charge in [-0.1, -0.05) is 31.4 Å². The molecule has 0 bridgehead atoms. The molecule has 0 fully saturated rings. The second-order valence-corrected chi connectivity index (χ2v) is 4.40. The van der Waals surface area contributed by atoms with Crippen molar-refractivity contribution < 1.29 is 4.92 Å². The van der Waals surface area contributed by atoms with Gasteiger partial charge in [0.1, 0.15) is 8.39 Å². The summed E-state index contributed by atoms with van der Waals surface area (Å²) in [6.07, 6.45) is 0.171. The molecule has 3 nitrogen and oxygen atoms in total. The molecule has 0 N–H and O–H groups in total. The van der Waals surface area contributed by atoms with Gasteiger partial charge in [0, 0.05) is 11.3 Å². The van der Waals surface area contributed by atoms with Crippen LogP contribution in [0.2, 0.25) is 0 Å². The first-order chi connectivity index (χ1) is 5.39. The van der Waals surface area contributed by atoms with E-state index in [2.05, 4.69) is 49.7 Å². The summed E-state index contributed by atoms with van der Waals surface area (Å²) in [7, 11) is 0. The number of nitrogens with zero attached hydrogens (tertiary/aromatic N) is 1. The second-order valence-electron chi connectivity index (χ2n) is 2.08. The van der Waals surface area contributed by atoms with Gasteiger partial charge in [-0.05, 0) is 0 Å². The fourth-order valence-electron chi connectivity index (χ4n) is 0.679. The number of rotatable bonds is 4. The zero-order chi connectivity index (χ0) is 9.94. The van der Waals surface area contributed by atoms with Crippen molar-refractivity contribution in [3.8, 4) is 0 Å². The van der Waals surface area contributed by atoms with E-state index in [4.69, 9.17) is 0 Å². The molecule has 0 amide bonds. The Morgan fingerprint density at radius 3 is 1.83 bits per heavy atom. The van der Waals surface area contributed by atoms with Crippen LogP contribution in [0.1, 0.15) is 13.3 Å². The third-order valence-corrected chi connectivity index (χ3v) is 2.95. The third-order valence-electron chi connectivity index (χ3n) is 1.53. The molecule has 0 saturated carbocycles. The number of thiol groups is 2. The van der Waals surface area contributed by atoms with Crippen LogP contribution in [-0.2, 0) is 0 Å². The van der Waals surface area contributed by atoms with E-state index in [1.807, 2.05) is 0 Å². The third kappa shape index (κ3) is 1.95. The average molecular weight is 241 g/mol. The summed E-state index contributed by atoms with van der Waals surface area (Å²) >= 11 is 16.9. The standard InChI is InChI=1S/C5H7NO2S4/c1-2-5(3(9)10,4(11)12)6(7)8/h2H2,1H3,(H,9,10)(H,11,12). The molecule has 7 heteroatoms. The predicted octanol–water partition coefficient (Wildman–Crippen LogP) is 1.93. The van der Waals surface area contributed by atoms with Gasteiger partial charge >= 0.3 is 5.54 Å². The maximum atomic E-state index is 10.7. The molecule has 0 rings (SSSR count). The summed E-state index contributed by atoms with van der Waals surface area (Å²) in [6.45, 7) is 1.62. The van der Waals surface area contributed by atoms with Crippen LogP contribution < -0.4 is 0 Å². The van der Waals surface area contributed by atoms with Crippen molar-refractivity contribution in [2.24, 2.45) is 0 Å². The van der Waals surface area contributed by atoms with Crippen molar-refractivity contribution in [1.82, 2.24) is 0 Å². The topological polar surface area (TPSA) is 43.1 Å². The molecular formula is C5H7NO2S4. The van der Waals surface area contributed by atoms with Crippen LogP contribution in [0.15, 0.2) is 0 Å². The van der Waals surface area contributed by atoms with E-state index in [9.17, 15) is 10.1 Å². The van der Waals surface area contributed by atoms with E-state index < -0.39 is 10.5 Å². The normalized spacial score (nSPS) is 10.9. The Kier molecular flexibility index (Phi) is 4.60. The van der Waals surface area contributed by atoms with Crippen LogP contribution in [0.5, 0.6) is 0 Å². The Morgan fingerprint density at radius 2 is 1.83 bits per heavy atom. The summed E-state index contributed by atoms with van der Waals surface area (Å²) in [5, 5.41) is 10.7. The monoisotopic (exact) mass is 241 g/mol. The van der Waals surface area contributed by atoms with Gasteiger partial charge in [0.15, 0.2) is 0 Å². The minimum atomic E-state index is -1.54. The highest BCUT2D eigenvalue weighted by atomic mass is 32.1. The van der Waals surface area contributed by atoms with Crippen molar-refractivity contribution >= 4 is 58.1 Å². The van der Waals surface area contributed by atoms with Crippen LogP contribution >= 0.6 is 49.7 Å². The van der Waals surface area contributed by atoms with Gasteiger partial charge in [0.05, 0.1) is 0 Å². The minimum Gasteiger partial charge on any atom is -0.263 e. The van der Waals surface area contributed by atoms with E-state index in [1.54, 1.807) is 6.92 Å². The molecule has 0 aliphatic heterocycles.